The van der Waals surface area contributed by atoms with E-state index in [2.05, 4.69) is 14.8 Å². The van der Waals surface area contributed by atoms with Gasteiger partial charge in [-0.05, 0) is 11.6 Å². The lowest BCUT2D eigenvalue weighted by Crippen LogP contribution is -2.49. The highest BCUT2D eigenvalue weighted by molar-refractivity contribution is 5.73. The molecule has 1 aromatic heterocycles. The Morgan fingerprint density at radius 2 is 2.04 bits per heavy atom. The van der Waals surface area contributed by atoms with E-state index in [4.69, 9.17) is 10.5 Å². The standard InChI is InChI=1S/C19H23N5O4/c1-28-19-4-2-3-18(21-19)23-12-11-22(10-9-17(20)25)13-16(23)14-5-7-15(8-6-14)24(26)27/h2-8,16H,9-13H2,1H3,(H2,20,25). The number of methoxy groups -OCH3 is 1. The van der Waals surface area contributed by atoms with Gasteiger partial charge in [0.25, 0.3) is 5.69 Å². The van der Waals surface area contributed by atoms with Crippen LogP contribution >= 0.6 is 0 Å². The molecule has 1 aliphatic heterocycles. The molecule has 9 heteroatoms. The van der Waals surface area contributed by atoms with Crippen molar-refractivity contribution in [3.8, 4) is 5.88 Å². The molecule has 1 atom stereocenters. The maximum Gasteiger partial charge on any atom is 0.269 e. The predicted octanol–water partition coefficient (Wildman–Crippen LogP) is 1.74. The summed E-state index contributed by atoms with van der Waals surface area (Å²) in [6.45, 7) is 2.69. The van der Waals surface area contributed by atoms with Crippen molar-refractivity contribution in [3.63, 3.8) is 0 Å². The van der Waals surface area contributed by atoms with Crippen LogP contribution in [0.4, 0.5) is 11.5 Å². The molecule has 0 bridgehead atoms. The van der Waals surface area contributed by atoms with E-state index in [1.165, 1.54) is 12.1 Å². The Balaban J connectivity index is 1.88. The van der Waals surface area contributed by atoms with Gasteiger partial charge in [-0.2, -0.15) is 4.98 Å². The summed E-state index contributed by atoms with van der Waals surface area (Å²) in [6, 6.07) is 12.1. The maximum absolute atomic E-state index is 11.1. The minimum absolute atomic E-state index is 0.0520. The number of carbonyl (C=O) groups excluding carboxylic acids is 1. The molecule has 1 unspecified atom stereocenters. The van der Waals surface area contributed by atoms with Crippen LogP contribution in [0.5, 0.6) is 5.88 Å². The molecule has 9 nitrogen and oxygen atoms in total. The summed E-state index contributed by atoms with van der Waals surface area (Å²) in [6.07, 6.45) is 0.296. The van der Waals surface area contributed by atoms with E-state index >= 15 is 0 Å². The number of amides is 1. The fourth-order valence-electron chi connectivity index (χ4n) is 3.37. The minimum Gasteiger partial charge on any atom is -0.481 e. The molecule has 1 amide bonds. The van der Waals surface area contributed by atoms with E-state index < -0.39 is 4.92 Å². The first-order valence-electron chi connectivity index (χ1n) is 9.00. The average Bonchev–Trinajstić information content (AvgIpc) is 2.72. The smallest absolute Gasteiger partial charge is 0.269 e. The van der Waals surface area contributed by atoms with E-state index in [1.54, 1.807) is 25.3 Å². The molecule has 1 aliphatic rings. The largest absolute Gasteiger partial charge is 0.481 e. The number of aromatic nitrogens is 1. The zero-order valence-electron chi connectivity index (χ0n) is 15.7. The second-order valence-corrected chi connectivity index (χ2v) is 6.61. The average molecular weight is 385 g/mol. The summed E-state index contributed by atoms with van der Waals surface area (Å²) in [5.74, 6) is 0.970. The topological polar surface area (TPSA) is 115 Å². The second kappa shape index (κ2) is 8.66. The Labute approximate surface area is 162 Å². The van der Waals surface area contributed by atoms with Crippen molar-refractivity contribution in [2.24, 2.45) is 5.73 Å². The van der Waals surface area contributed by atoms with Crippen molar-refractivity contribution in [1.82, 2.24) is 9.88 Å². The highest BCUT2D eigenvalue weighted by Crippen LogP contribution is 2.31. The molecule has 0 radical (unpaired) electrons. The lowest BCUT2D eigenvalue weighted by molar-refractivity contribution is -0.384. The van der Waals surface area contributed by atoms with Crippen LogP contribution in [0.3, 0.4) is 0 Å². The van der Waals surface area contributed by atoms with Crippen LogP contribution in [0.15, 0.2) is 42.5 Å². The van der Waals surface area contributed by atoms with Crippen molar-refractivity contribution in [2.45, 2.75) is 12.5 Å². The molecule has 28 heavy (non-hydrogen) atoms. The van der Waals surface area contributed by atoms with Crippen molar-refractivity contribution in [3.05, 3.63) is 58.1 Å². The van der Waals surface area contributed by atoms with Gasteiger partial charge in [-0.3, -0.25) is 19.8 Å². The van der Waals surface area contributed by atoms with Gasteiger partial charge in [-0.15, -0.1) is 0 Å². The van der Waals surface area contributed by atoms with Crippen LogP contribution in [0.25, 0.3) is 0 Å². The Morgan fingerprint density at radius 3 is 2.68 bits per heavy atom. The highest BCUT2D eigenvalue weighted by Gasteiger charge is 2.29. The molecule has 1 saturated heterocycles. The van der Waals surface area contributed by atoms with Crippen LogP contribution in [-0.4, -0.2) is 54.0 Å². The molecule has 0 saturated carbocycles. The Kier molecular flexibility index (Phi) is 6.05. The summed E-state index contributed by atoms with van der Waals surface area (Å²) in [5, 5.41) is 11.0. The third-order valence-corrected chi connectivity index (χ3v) is 4.84. The van der Waals surface area contributed by atoms with Crippen LogP contribution in [0.2, 0.25) is 0 Å². The Hall–Kier alpha value is -3.20. The van der Waals surface area contributed by atoms with Crippen LogP contribution in [0.1, 0.15) is 18.0 Å². The number of hydrogen-bond donors (Lipinski definition) is 1. The first-order chi connectivity index (χ1) is 13.5. The summed E-state index contributed by atoms with van der Waals surface area (Å²) in [5.41, 5.74) is 6.28. The molecule has 2 aromatic rings. The van der Waals surface area contributed by atoms with Crippen LogP contribution in [-0.2, 0) is 4.79 Å². The molecule has 2 N–H and O–H groups in total. The van der Waals surface area contributed by atoms with Gasteiger partial charge in [-0.25, -0.2) is 0 Å². The lowest BCUT2D eigenvalue weighted by Gasteiger charge is -2.42. The zero-order valence-corrected chi connectivity index (χ0v) is 15.7. The van der Waals surface area contributed by atoms with Gasteiger partial charge in [0.05, 0.1) is 18.1 Å². The number of nitro groups is 1. The first-order valence-corrected chi connectivity index (χ1v) is 9.00. The molecule has 3 rings (SSSR count). The van der Waals surface area contributed by atoms with Gasteiger partial charge in [0, 0.05) is 50.8 Å². The van der Waals surface area contributed by atoms with Crippen molar-refractivity contribution >= 4 is 17.4 Å². The molecule has 1 aromatic carbocycles. The maximum atomic E-state index is 11.1. The molecule has 2 heterocycles. The molecule has 0 aliphatic carbocycles. The van der Waals surface area contributed by atoms with E-state index in [0.717, 1.165) is 17.9 Å². The number of piperazine rings is 1. The monoisotopic (exact) mass is 385 g/mol. The SMILES string of the molecule is COc1cccc(N2CCN(CCC(N)=O)CC2c2ccc([N+](=O)[O-])cc2)n1. The van der Waals surface area contributed by atoms with Crippen molar-refractivity contribution < 1.29 is 14.5 Å². The van der Waals surface area contributed by atoms with Gasteiger partial charge < -0.3 is 15.4 Å². The van der Waals surface area contributed by atoms with Gasteiger partial charge in [0.15, 0.2) is 0 Å². The van der Waals surface area contributed by atoms with Gasteiger partial charge in [0.1, 0.15) is 5.82 Å². The van der Waals surface area contributed by atoms with E-state index in [1.807, 2.05) is 12.1 Å². The summed E-state index contributed by atoms with van der Waals surface area (Å²) < 4.78 is 5.24. The van der Waals surface area contributed by atoms with Crippen molar-refractivity contribution in [2.75, 3.05) is 38.2 Å². The number of hydrogen-bond acceptors (Lipinski definition) is 7. The number of carbonyl (C=O) groups is 1. The van der Waals surface area contributed by atoms with E-state index in [0.29, 0.717) is 31.9 Å². The lowest BCUT2D eigenvalue weighted by atomic mass is 10.0. The summed E-state index contributed by atoms with van der Waals surface area (Å²) in [7, 11) is 1.57. The Morgan fingerprint density at radius 1 is 1.29 bits per heavy atom. The number of anilines is 1. The number of nitrogens with zero attached hydrogens (tertiary/aromatic N) is 4. The van der Waals surface area contributed by atoms with E-state index in [9.17, 15) is 14.9 Å². The van der Waals surface area contributed by atoms with Crippen LogP contribution < -0.4 is 15.4 Å². The van der Waals surface area contributed by atoms with Gasteiger partial charge in [-0.1, -0.05) is 18.2 Å². The number of nitro benzene ring substituents is 1. The highest BCUT2D eigenvalue weighted by atomic mass is 16.6. The first kappa shape index (κ1) is 19.6. The van der Waals surface area contributed by atoms with Crippen molar-refractivity contribution in [1.29, 1.82) is 0 Å². The third kappa shape index (κ3) is 4.55. The second-order valence-electron chi connectivity index (χ2n) is 6.61. The minimum atomic E-state index is -0.412. The number of rotatable bonds is 7. The molecule has 148 valence electrons. The number of non-ortho nitro benzene ring substituents is 1. The van der Waals surface area contributed by atoms with Gasteiger partial charge >= 0.3 is 0 Å². The summed E-state index contributed by atoms with van der Waals surface area (Å²) in [4.78, 5) is 30.6. The number of pyridine rings is 1. The fraction of sp³-hybridized carbons (Fsp3) is 0.368. The van der Waals surface area contributed by atoms with Crippen LogP contribution in [0, 0.1) is 10.1 Å². The normalized spacial score (nSPS) is 17.3. The summed E-state index contributed by atoms with van der Waals surface area (Å²) >= 11 is 0. The fourth-order valence-corrected chi connectivity index (χ4v) is 3.37. The number of benzene rings is 1. The third-order valence-electron chi connectivity index (χ3n) is 4.84. The Bertz CT molecular complexity index is 842. The molecule has 1 fully saturated rings. The van der Waals surface area contributed by atoms with E-state index in [-0.39, 0.29) is 17.6 Å². The number of primary amides is 1. The zero-order chi connectivity index (χ0) is 20.1. The number of nitrogens with two attached hydrogens (primary N) is 1. The molecule has 0 spiro atoms. The quantitative estimate of drug-likeness (QED) is 0.570. The predicted molar refractivity (Wildman–Crippen MR) is 104 cm³/mol. The molecular weight excluding hydrogens is 362 g/mol. The van der Waals surface area contributed by atoms with Gasteiger partial charge in [0.2, 0.25) is 11.8 Å². The number of ether oxygens (including phenoxy) is 1. The molecular formula is C19H23N5O4.